The van der Waals surface area contributed by atoms with Crippen LogP contribution in [-0.2, 0) is 54.3 Å². The van der Waals surface area contributed by atoms with E-state index in [2.05, 4.69) is 0 Å². The summed E-state index contributed by atoms with van der Waals surface area (Å²) in [6.07, 6.45) is 3.29. The first-order valence-electron chi connectivity index (χ1n) is 6.72. The van der Waals surface area contributed by atoms with Crippen molar-refractivity contribution in [1.82, 2.24) is 30.8 Å². The fraction of sp³-hybridized carbons (Fsp3) is 0.727. The second-order valence-electron chi connectivity index (χ2n) is 4.59. The number of hydrogen-bond donors (Lipinski definition) is 5. The maximum Gasteiger partial charge on any atom is 2.00 e. The van der Waals surface area contributed by atoms with Gasteiger partial charge in [-0.25, -0.2) is 16.8 Å². The minimum atomic E-state index is -6.09. The van der Waals surface area contributed by atoms with E-state index in [4.69, 9.17) is 35.4 Å². The first-order valence-corrected chi connectivity index (χ1v) is 9.54. The molecule has 0 saturated heterocycles. The van der Waals surface area contributed by atoms with E-state index >= 15 is 0 Å². The van der Waals surface area contributed by atoms with Crippen LogP contribution in [0.25, 0.3) is 0 Å². The van der Waals surface area contributed by atoms with Crippen molar-refractivity contribution >= 4 is 26.0 Å². The number of hydrogen-bond acceptors (Lipinski definition) is 14. The fourth-order valence-corrected chi connectivity index (χ4v) is 1.26. The Balaban J connectivity index is -0.0000000470. The second-order valence-corrected chi connectivity index (χ2v) is 7.33. The standard InChI is InChI=1S/C9H14O3.2CHF3O3S.5H3N.Os/c1-3-12-7(2)8-4-5-11-6-9(8)10;2*2-1(3,4)8(5,6)7;;;;;;/h4-5,7-8H,3,6H2,1-2H3;2*(H,5,6,7);5*1H3;/q;;;;;;;;+2/p-2. The molecular weight excluding hydrogens is 714 g/mol. The van der Waals surface area contributed by atoms with Gasteiger partial charge < -0.3 is 49.3 Å². The van der Waals surface area contributed by atoms with Crippen molar-refractivity contribution in [3.63, 3.8) is 0 Å². The minimum Gasteiger partial charge on any atom is -0.741 e. The van der Waals surface area contributed by atoms with E-state index in [1.807, 2.05) is 13.8 Å². The van der Waals surface area contributed by atoms with Gasteiger partial charge in [-0.05, 0) is 19.9 Å². The number of carbonyl (C=O) groups is 1. The molecule has 14 nitrogen and oxygen atoms in total. The van der Waals surface area contributed by atoms with Gasteiger partial charge in [0.15, 0.2) is 26.0 Å². The van der Waals surface area contributed by atoms with Crippen LogP contribution in [0.1, 0.15) is 13.8 Å². The minimum absolute atomic E-state index is 0. The molecule has 1 heterocycles. The summed E-state index contributed by atoms with van der Waals surface area (Å²) < 4.78 is 128. The summed E-state index contributed by atoms with van der Waals surface area (Å²) in [7, 11) is -12.2. The van der Waals surface area contributed by atoms with Crippen LogP contribution in [0.5, 0.6) is 0 Å². The van der Waals surface area contributed by atoms with Crippen LogP contribution in [-0.4, -0.2) is 62.1 Å². The van der Waals surface area contributed by atoms with Crippen LogP contribution in [0.3, 0.4) is 0 Å². The molecule has 34 heavy (non-hydrogen) atoms. The summed E-state index contributed by atoms with van der Waals surface area (Å²) in [6.45, 7) is 4.64. The number of carbonyl (C=O) groups excluding carboxylic acids is 1. The molecule has 1 aliphatic heterocycles. The van der Waals surface area contributed by atoms with Crippen LogP contribution in [0.4, 0.5) is 26.3 Å². The van der Waals surface area contributed by atoms with Gasteiger partial charge in [0.25, 0.3) is 0 Å². The predicted molar refractivity (Wildman–Crippen MR) is 101 cm³/mol. The van der Waals surface area contributed by atoms with Gasteiger partial charge in [-0.1, -0.05) is 0 Å². The molecule has 0 radical (unpaired) electrons. The zero-order valence-electron chi connectivity index (χ0n) is 17.9. The van der Waals surface area contributed by atoms with Gasteiger partial charge in [0, 0.05) is 6.61 Å². The summed E-state index contributed by atoms with van der Waals surface area (Å²) in [5.74, 6) is -0.0304. The van der Waals surface area contributed by atoms with E-state index < -0.39 is 31.3 Å². The molecule has 23 heteroatoms. The molecule has 1 aliphatic rings. The predicted octanol–water partition coefficient (Wildman–Crippen LogP) is 2.05. The van der Waals surface area contributed by atoms with Gasteiger partial charge >= 0.3 is 30.8 Å². The second kappa shape index (κ2) is 21.3. The molecule has 0 aliphatic carbocycles. The Hall–Kier alpha value is -0.994. The Bertz CT molecular complexity index is 709. The summed E-state index contributed by atoms with van der Waals surface area (Å²) in [5.41, 5.74) is -11.3. The molecule has 2 unspecified atom stereocenters. The zero-order valence-corrected chi connectivity index (χ0v) is 22.0. The number of ketones is 1. The van der Waals surface area contributed by atoms with Crippen molar-refractivity contribution in [2.75, 3.05) is 13.2 Å². The summed E-state index contributed by atoms with van der Waals surface area (Å²) in [6, 6.07) is 0. The van der Waals surface area contributed by atoms with Crippen molar-refractivity contribution in [1.29, 1.82) is 0 Å². The van der Waals surface area contributed by atoms with Crippen molar-refractivity contribution in [2.24, 2.45) is 5.92 Å². The molecule has 0 aromatic rings. The van der Waals surface area contributed by atoms with Gasteiger partial charge in [0.2, 0.25) is 0 Å². The Kier molecular flexibility index (Phi) is 33.9. The summed E-state index contributed by atoms with van der Waals surface area (Å²) >= 11 is 0. The van der Waals surface area contributed by atoms with Crippen LogP contribution in [0.15, 0.2) is 12.3 Å². The van der Waals surface area contributed by atoms with E-state index in [-0.39, 0.29) is 75.0 Å². The quantitative estimate of drug-likeness (QED) is 0.157. The average Bonchev–Trinajstić information content (AvgIpc) is 2.45. The third kappa shape index (κ3) is 22.8. The van der Waals surface area contributed by atoms with Crippen LogP contribution in [0, 0.1) is 5.92 Å². The van der Waals surface area contributed by atoms with Gasteiger partial charge in [0.05, 0.1) is 18.3 Å². The van der Waals surface area contributed by atoms with E-state index in [1.165, 1.54) is 0 Å². The topological polar surface area (TPSA) is 325 Å². The van der Waals surface area contributed by atoms with Gasteiger partial charge in [0.1, 0.15) is 6.61 Å². The van der Waals surface area contributed by atoms with Crippen LogP contribution >= 0.6 is 0 Å². The van der Waals surface area contributed by atoms with Gasteiger partial charge in [-0.2, -0.15) is 26.3 Å². The van der Waals surface area contributed by atoms with Gasteiger partial charge in [-0.3, -0.25) is 4.79 Å². The number of rotatable bonds is 3. The third-order valence-corrected chi connectivity index (χ3v) is 3.62. The first kappa shape index (κ1) is 54.1. The largest absolute Gasteiger partial charge is 2.00 e. The summed E-state index contributed by atoms with van der Waals surface area (Å²) in [5, 5.41) is 0. The molecule has 0 spiro atoms. The molecule has 15 N–H and O–H groups in total. The van der Waals surface area contributed by atoms with E-state index in [0.29, 0.717) is 6.61 Å². The van der Waals surface area contributed by atoms with Crippen molar-refractivity contribution < 1.29 is 86.3 Å². The third-order valence-electron chi connectivity index (χ3n) is 2.48. The number of halogens is 6. The van der Waals surface area contributed by atoms with Crippen molar-refractivity contribution in [3.8, 4) is 0 Å². The maximum absolute atomic E-state index is 11.3. The maximum atomic E-state index is 11.3. The summed E-state index contributed by atoms with van der Waals surface area (Å²) in [4.78, 5) is 11.3. The molecule has 0 aromatic carbocycles. The van der Waals surface area contributed by atoms with Crippen molar-refractivity contribution in [2.45, 2.75) is 31.0 Å². The van der Waals surface area contributed by atoms with Crippen LogP contribution in [0.2, 0.25) is 0 Å². The van der Waals surface area contributed by atoms with Crippen molar-refractivity contribution in [3.05, 3.63) is 12.3 Å². The Labute approximate surface area is 205 Å². The Morgan fingerprint density at radius 1 is 0.971 bits per heavy atom. The van der Waals surface area contributed by atoms with E-state index in [9.17, 15) is 31.1 Å². The molecule has 2 atom stereocenters. The average molecular weight is 744 g/mol. The van der Waals surface area contributed by atoms with E-state index in [0.717, 1.165) is 0 Å². The smallest absolute Gasteiger partial charge is 0.741 e. The molecule has 0 aromatic heterocycles. The fourth-order valence-electron chi connectivity index (χ4n) is 1.26. The molecule has 0 saturated carbocycles. The number of alkyl halides is 6. The molecule has 0 amide bonds. The SMILES string of the molecule is CCOC(C)C1C=COCC1=O.N.N.N.N.N.O=S(=O)([O-])C(F)(F)F.O=S(=O)([O-])C(F)(F)F.[Os+2]. The number of ether oxygens (including phenoxy) is 2. The Morgan fingerprint density at radius 2 is 1.26 bits per heavy atom. The Morgan fingerprint density at radius 3 is 1.47 bits per heavy atom. The molecule has 214 valence electrons. The molecule has 1 rings (SSSR count). The van der Waals surface area contributed by atoms with E-state index in [1.54, 1.807) is 12.3 Å². The monoisotopic (exact) mass is 745 g/mol. The van der Waals surface area contributed by atoms with Gasteiger partial charge in [-0.15, -0.1) is 0 Å². The number of Topliss-reactive ketones (excluding diaryl/α,β-unsaturated/α-hetero) is 1. The normalized spacial score (nSPS) is 15.5. The molecular formula is C11H29F6N5O9OsS2. The zero-order chi connectivity index (χ0) is 23.0. The molecule has 0 fully saturated rings. The first-order chi connectivity index (χ1) is 12.3. The van der Waals surface area contributed by atoms with Crippen LogP contribution < -0.4 is 30.8 Å². The molecule has 0 bridgehead atoms.